The number of nitrogens with one attached hydrogen (secondary N) is 2. The maximum Gasteiger partial charge on any atom is 0.343 e. The summed E-state index contributed by atoms with van der Waals surface area (Å²) in [7, 11) is 0. The Hall–Kier alpha value is -4.30. The van der Waals surface area contributed by atoms with E-state index in [1.165, 1.54) is 6.21 Å². The molecule has 0 saturated carbocycles. The number of halogens is 1. The molecule has 0 unspecified atom stereocenters. The van der Waals surface area contributed by atoms with E-state index in [1.807, 2.05) is 36.4 Å². The number of nitrogens with zero attached hydrogens (tertiary/aromatic N) is 1. The lowest BCUT2D eigenvalue weighted by Gasteiger charge is -2.08. The third kappa shape index (κ3) is 6.18. The minimum atomic E-state index is -0.511. The van der Waals surface area contributed by atoms with E-state index >= 15 is 0 Å². The van der Waals surface area contributed by atoms with E-state index in [4.69, 9.17) is 4.74 Å². The lowest BCUT2D eigenvalue weighted by molar-refractivity contribution is -0.120. The molecule has 0 spiro atoms. The van der Waals surface area contributed by atoms with Crippen molar-refractivity contribution in [3.05, 3.63) is 112 Å². The second-order valence-corrected chi connectivity index (χ2v) is 8.36. The van der Waals surface area contributed by atoms with E-state index in [2.05, 4.69) is 31.8 Å². The molecule has 0 fully saturated rings. The number of fused-ring (bicyclic) bond motifs is 1. The highest BCUT2D eigenvalue weighted by atomic mass is 79.9. The number of benzene rings is 4. The first-order valence-corrected chi connectivity index (χ1v) is 11.5. The monoisotopic (exact) mass is 529 g/mol. The molecule has 35 heavy (non-hydrogen) atoms. The molecule has 0 aliphatic carbocycles. The minimum absolute atomic E-state index is 0.256. The molecule has 2 N–H and O–H groups in total. The van der Waals surface area contributed by atoms with E-state index in [1.54, 1.807) is 54.6 Å². The fourth-order valence-corrected chi connectivity index (χ4v) is 3.72. The van der Waals surface area contributed by atoms with Gasteiger partial charge in [-0.25, -0.2) is 10.2 Å². The van der Waals surface area contributed by atoms with Crippen molar-refractivity contribution in [1.29, 1.82) is 0 Å². The van der Waals surface area contributed by atoms with Gasteiger partial charge >= 0.3 is 5.97 Å². The van der Waals surface area contributed by atoms with Crippen molar-refractivity contribution in [3.63, 3.8) is 0 Å². The Morgan fingerprint density at radius 2 is 1.63 bits per heavy atom. The zero-order valence-corrected chi connectivity index (χ0v) is 20.0. The van der Waals surface area contributed by atoms with Crippen LogP contribution in [0, 0.1) is 0 Å². The molecule has 0 bridgehead atoms. The third-order valence-corrected chi connectivity index (χ3v) is 5.51. The average molecular weight is 530 g/mol. The Morgan fingerprint density at radius 3 is 2.46 bits per heavy atom. The Bertz CT molecular complexity index is 1420. The molecule has 7 nitrogen and oxygen atoms in total. The minimum Gasteiger partial charge on any atom is -0.422 e. The van der Waals surface area contributed by atoms with Crippen LogP contribution in [0.4, 0.5) is 0 Å². The molecule has 8 heteroatoms. The summed E-state index contributed by atoms with van der Waals surface area (Å²) >= 11 is 3.37. The van der Waals surface area contributed by atoms with Crippen LogP contribution in [-0.4, -0.2) is 30.5 Å². The van der Waals surface area contributed by atoms with Gasteiger partial charge in [-0.05, 0) is 47.2 Å². The van der Waals surface area contributed by atoms with Gasteiger partial charge in [0.1, 0.15) is 5.75 Å². The highest BCUT2D eigenvalue weighted by Gasteiger charge is 2.12. The Balaban J connectivity index is 1.36. The van der Waals surface area contributed by atoms with Crippen molar-refractivity contribution in [1.82, 2.24) is 10.7 Å². The van der Waals surface area contributed by atoms with Crippen LogP contribution in [0.5, 0.6) is 5.75 Å². The SMILES string of the molecule is O=C(CNC(=O)c1cccc2ccccc12)NN=Cc1cc(Br)ccc1OC(=O)c1ccccc1. The number of carbonyl (C=O) groups is 3. The number of amides is 2. The topological polar surface area (TPSA) is 96.9 Å². The molecule has 0 aliphatic rings. The molecule has 4 rings (SSSR count). The van der Waals surface area contributed by atoms with Crippen molar-refractivity contribution in [3.8, 4) is 5.75 Å². The molecule has 0 radical (unpaired) electrons. The van der Waals surface area contributed by atoms with E-state index in [0.29, 0.717) is 16.7 Å². The van der Waals surface area contributed by atoms with Crippen LogP contribution in [0.1, 0.15) is 26.3 Å². The van der Waals surface area contributed by atoms with Crippen molar-refractivity contribution in [2.75, 3.05) is 6.54 Å². The Kier molecular flexibility index (Phi) is 7.64. The fraction of sp³-hybridized carbons (Fsp3) is 0.0370. The zero-order valence-electron chi connectivity index (χ0n) is 18.4. The number of ether oxygens (including phenoxy) is 1. The van der Waals surface area contributed by atoms with Crippen LogP contribution in [0.2, 0.25) is 0 Å². The summed E-state index contributed by atoms with van der Waals surface area (Å²) in [5.74, 6) is -1.09. The van der Waals surface area contributed by atoms with Gasteiger partial charge in [-0.15, -0.1) is 0 Å². The summed E-state index contributed by atoms with van der Waals surface area (Å²) < 4.78 is 6.23. The number of esters is 1. The number of hydrazone groups is 1. The molecular weight excluding hydrogens is 510 g/mol. The van der Waals surface area contributed by atoms with Gasteiger partial charge in [0.05, 0.1) is 18.3 Å². The van der Waals surface area contributed by atoms with E-state index in [0.717, 1.165) is 15.2 Å². The predicted molar refractivity (Wildman–Crippen MR) is 138 cm³/mol. The van der Waals surface area contributed by atoms with Gasteiger partial charge in [-0.2, -0.15) is 5.10 Å². The molecule has 4 aromatic carbocycles. The highest BCUT2D eigenvalue weighted by molar-refractivity contribution is 9.10. The highest BCUT2D eigenvalue weighted by Crippen LogP contribution is 2.23. The summed E-state index contributed by atoms with van der Waals surface area (Å²) in [5.41, 5.74) is 3.74. The van der Waals surface area contributed by atoms with Gasteiger partial charge in [0.15, 0.2) is 0 Å². The summed E-state index contributed by atoms with van der Waals surface area (Å²) in [6.07, 6.45) is 1.36. The van der Waals surface area contributed by atoms with Crippen LogP contribution in [-0.2, 0) is 4.79 Å². The first-order chi connectivity index (χ1) is 17.0. The molecule has 0 aliphatic heterocycles. The number of hydrogen-bond donors (Lipinski definition) is 2. The van der Waals surface area contributed by atoms with Crippen LogP contribution >= 0.6 is 15.9 Å². The molecule has 0 aromatic heterocycles. The van der Waals surface area contributed by atoms with E-state index < -0.39 is 11.9 Å². The standard InChI is InChI=1S/C27H20BrN3O4/c28-21-13-14-24(35-27(34)19-8-2-1-3-9-19)20(15-21)16-30-31-25(32)17-29-26(33)23-12-6-10-18-7-4-5-11-22(18)23/h1-16H,17H2,(H,29,33)(H,31,32). The average Bonchev–Trinajstić information content (AvgIpc) is 2.89. The fourth-order valence-electron chi connectivity index (χ4n) is 3.34. The van der Waals surface area contributed by atoms with Gasteiger partial charge in [-0.3, -0.25) is 9.59 Å². The number of rotatable bonds is 7. The lowest BCUT2D eigenvalue weighted by atomic mass is 10.0. The van der Waals surface area contributed by atoms with Gasteiger partial charge in [0.25, 0.3) is 11.8 Å². The molecule has 2 amide bonds. The van der Waals surface area contributed by atoms with Crippen molar-refractivity contribution in [2.24, 2.45) is 5.10 Å². The third-order valence-electron chi connectivity index (χ3n) is 5.02. The van der Waals surface area contributed by atoms with Crippen LogP contribution in [0.3, 0.4) is 0 Å². The van der Waals surface area contributed by atoms with E-state index in [-0.39, 0.29) is 18.2 Å². The molecule has 0 atom stereocenters. The molecule has 4 aromatic rings. The maximum absolute atomic E-state index is 12.6. The molecule has 174 valence electrons. The van der Waals surface area contributed by atoms with Gasteiger partial charge < -0.3 is 10.1 Å². The Labute approximate surface area is 209 Å². The summed E-state index contributed by atoms with van der Waals surface area (Å²) in [5, 5.41) is 8.28. The number of hydrogen-bond acceptors (Lipinski definition) is 5. The second-order valence-electron chi connectivity index (χ2n) is 7.44. The largest absolute Gasteiger partial charge is 0.422 e. The van der Waals surface area contributed by atoms with Crippen LogP contribution in [0.15, 0.2) is 101 Å². The first-order valence-electron chi connectivity index (χ1n) is 10.7. The first kappa shape index (κ1) is 23.8. The second kappa shape index (κ2) is 11.2. The van der Waals surface area contributed by atoms with Crippen molar-refractivity contribution in [2.45, 2.75) is 0 Å². The Morgan fingerprint density at radius 1 is 0.886 bits per heavy atom. The quantitative estimate of drug-likeness (QED) is 0.157. The van der Waals surface area contributed by atoms with E-state index in [9.17, 15) is 14.4 Å². The molecular formula is C27H20BrN3O4. The summed E-state index contributed by atoms with van der Waals surface area (Å²) in [6.45, 7) is -0.256. The van der Waals surface area contributed by atoms with Gasteiger partial charge in [0, 0.05) is 15.6 Å². The van der Waals surface area contributed by atoms with Crippen molar-refractivity contribution < 1.29 is 19.1 Å². The van der Waals surface area contributed by atoms with Crippen LogP contribution in [0.25, 0.3) is 10.8 Å². The van der Waals surface area contributed by atoms with Crippen molar-refractivity contribution >= 4 is 50.7 Å². The van der Waals surface area contributed by atoms with Gasteiger partial charge in [0.2, 0.25) is 0 Å². The van der Waals surface area contributed by atoms with Crippen LogP contribution < -0.4 is 15.5 Å². The normalized spacial score (nSPS) is 10.8. The molecule has 0 saturated heterocycles. The predicted octanol–water partition coefficient (Wildman–Crippen LogP) is 4.70. The molecule has 0 heterocycles. The smallest absolute Gasteiger partial charge is 0.343 e. The summed E-state index contributed by atoms with van der Waals surface area (Å²) in [6, 6.07) is 26.6. The zero-order chi connectivity index (χ0) is 24.6. The summed E-state index contributed by atoms with van der Waals surface area (Å²) in [4.78, 5) is 37.2. The van der Waals surface area contributed by atoms with Gasteiger partial charge in [-0.1, -0.05) is 70.5 Å². The number of carbonyl (C=O) groups excluding carboxylic acids is 3. The maximum atomic E-state index is 12.6. The lowest BCUT2D eigenvalue weighted by Crippen LogP contribution is -2.35.